The monoisotopic (exact) mass is 418 g/mol. The number of carbonyl (C=O) groups excluding carboxylic acids is 2. The van der Waals surface area contributed by atoms with Crippen molar-refractivity contribution in [2.24, 2.45) is 0 Å². The lowest BCUT2D eigenvalue weighted by Gasteiger charge is -2.26. The Balaban J connectivity index is 1.76. The van der Waals surface area contributed by atoms with E-state index in [-0.39, 0.29) is 17.9 Å². The van der Waals surface area contributed by atoms with Gasteiger partial charge in [-0.25, -0.2) is 4.98 Å². The average molecular weight is 419 g/mol. The SMILES string of the molecule is C=CC(=O)N1CCCCC(n2c(NC(=O)c3cnnc(C)c3)nc3cccc(C)c32)C1. The second-order valence-electron chi connectivity index (χ2n) is 7.93. The number of aromatic nitrogens is 4. The van der Waals surface area contributed by atoms with E-state index in [0.29, 0.717) is 30.3 Å². The Kier molecular flexibility index (Phi) is 5.79. The molecular formula is C23H26N6O2. The molecule has 8 heteroatoms. The van der Waals surface area contributed by atoms with Gasteiger partial charge < -0.3 is 9.47 Å². The molecule has 2 aromatic heterocycles. The summed E-state index contributed by atoms with van der Waals surface area (Å²) in [7, 11) is 0. The van der Waals surface area contributed by atoms with Gasteiger partial charge >= 0.3 is 0 Å². The fourth-order valence-electron chi connectivity index (χ4n) is 4.20. The van der Waals surface area contributed by atoms with Crippen molar-refractivity contribution >= 4 is 28.8 Å². The molecule has 2 amide bonds. The third-order valence-corrected chi connectivity index (χ3v) is 5.67. The first kappa shape index (κ1) is 20.7. The predicted molar refractivity (Wildman–Crippen MR) is 119 cm³/mol. The number of benzene rings is 1. The Morgan fingerprint density at radius 2 is 2.10 bits per heavy atom. The lowest BCUT2D eigenvalue weighted by Crippen LogP contribution is -2.34. The molecule has 0 saturated carbocycles. The van der Waals surface area contributed by atoms with Crippen LogP contribution in [0.3, 0.4) is 0 Å². The normalized spacial score (nSPS) is 16.7. The number of hydrogen-bond acceptors (Lipinski definition) is 5. The highest BCUT2D eigenvalue weighted by atomic mass is 16.2. The number of likely N-dealkylation sites (tertiary alicyclic amines) is 1. The first-order valence-electron chi connectivity index (χ1n) is 10.5. The molecule has 1 fully saturated rings. The number of nitrogens with one attached hydrogen (secondary N) is 1. The van der Waals surface area contributed by atoms with E-state index in [4.69, 9.17) is 4.98 Å². The van der Waals surface area contributed by atoms with Crippen molar-refractivity contribution < 1.29 is 9.59 Å². The summed E-state index contributed by atoms with van der Waals surface area (Å²) in [5.41, 5.74) is 3.94. The number of nitrogens with zero attached hydrogens (tertiary/aromatic N) is 5. The number of imidazole rings is 1. The number of para-hydroxylation sites is 1. The summed E-state index contributed by atoms with van der Waals surface area (Å²) in [4.78, 5) is 31.8. The second-order valence-corrected chi connectivity index (χ2v) is 7.93. The molecule has 31 heavy (non-hydrogen) atoms. The van der Waals surface area contributed by atoms with Crippen LogP contribution < -0.4 is 5.32 Å². The van der Waals surface area contributed by atoms with Crippen molar-refractivity contribution in [3.63, 3.8) is 0 Å². The summed E-state index contributed by atoms with van der Waals surface area (Å²) in [5.74, 6) is 0.110. The molecule has 1 aliphatic heterocycles. The molecule has 0 radical (unpaired) electrons. The van der Waals surface area contributed by atoms with Gasteiger partial charge in [0.25, 0.3) is 5.91 Å². The summed E-state index contributed by atoms with van der Waals surface area (Å²) in [5, 5.41) is 10.8. The van der Waals surface area contributed by atoms with Crippen molar-refractivity contribution in [3.8, 4) is 0 Å². The van der Waals surface area contributed by atoms with Crippen LogP contribution in [0.5, 0.6) is 0 Å². The molecule has 1 aliphatic rings. The first-order chi connectivity index (χ1) is 15.0. The van der Waals surface area contributed by atoms with Crippen LogP contribution >= 0.6 is 0 Å². The number of rotatable bonds is 4. The maximum atomic E-state index is 12.9. The van der Waals surface area contributed by atoms with E-state index in [1.54, 1.807) is 13.0 Å². The Morgan fingerprint density at radius 3 is 2.87 bits per heavy atom. The van der Waals surface area contributed by atoms with Gasteiger partial charge in [-0.15, -0.1) is 0 Å². The van der Waals surface area contributed by atoms with Crippen LogP contribution in [0.25, 0.3) is 11.0 Å². The lowest BCUT2D eigenvalue weighted by atomic mass is 10.1. The molecular weight excluding hydrogens is 392 g/mol. The standard InChI is InChI=1S/C23H26N6O2/c1-4-20(30)28-11-6-5-9-18(14-28)29-21-15(2)8-7-10-19(21)25-23(29)26-22(31)17-12-16(3)27-24-13-17/h4,7-8,10,12-13,18H,1,5-6,9,11,14H2,2-3H3,(H,25,26,31). The minimum atomic E-state index is -0.292. The zero-order valence-electron chi connectivity index (χ0n) is 17.8. The molecule has 8 nitrogen and oxygen atoms in total. The van der Waals surface area contributed by atoms with Gasteiger partial charge in [-0.2, -0.15) is 10.2 Å². The molecule has 0 spiro atoms. The third kappa shape index (κ3) is 4.19. The van der Waals surface area contributed by atoms with Crippen molar-refractivity contribution in [2.45, 2.75) is 39.2 Å². The topological polar surface area (TPSA) is 93.0 Å². The van der Waals surface area contributed by atoms with Crippen molar-refractivity contribution in [3.05, 3.63) is 59.9 Å². The summed E-state index contributed by atoms with van der Waals surface area (Å²) in [6.45, 7) is 8.71. The Hall–Kier alpha value is -3.55. The molecule has 1 aromatic carbocycles. The van der Waals surface area contributed by atoms with E-state index in [9.17, 15) is 9.59 Å². The van der Waals surface area contributed by atoms with Gasteiger partial charge in [0, 0.05) is 13.1 Å². The zero-order chi connectivity index (χ0) is 22.0. The maximum Gasteiger partial charge on any atom is 0.259 e. The number of hydrogen-bond donors (Lipinski definition) is 1. The average Bonchev–Trinajstić information content (AvgIpc) is 2.95. The van der Waals surface area contributed by atoms with Crippen LogP contribution in [0, 0.1) is 13.8 Å². The van der Waals surface area contributed by atoms with Crippen LogP contribution in [-0.2, 0) is 4.79 Å². The van der Waals surface area contributed by atoms with E-state index in [2.05, 4.69) is 26.7 Å². The molecule has 160 valence electrons. The van der Waals surface area contributed by atoms with Crippen LogP contribution in [0.15, 0.2) is 43.1 Å². The molecule has 0 bridgehead atoms. The smallest absolute Gasteiger partial charge is 0.259 e. The van der Waals surface area contributed by atoms with Gasteiger partial charge in [-0.3, -0.25) is 14.9 Å². The molecule has 3 heterocycles. The highest BCUT2D eigenvalue weighted by Gasteiger charge is 2.27. The zero-order valence-corrected chi connectivity index (χ0v) is 17.8. The Bertz CT molecular complexity index is 1150. The summed E-state index contributed by atoms with van der Waals surface area (Å²) < 4.78 is 2.08. The number of aryl methyl sites for hydroxylation is 2. The Morgan fingerprint density at radius 1 is 1.26 bits per heavy atom. The lowest BCUT2D eigenvalue weighted by molar-refractivity contribution is -0.126. The van der Waals surface area contributed by atoms with Crippen molar-refractivity contribution in [1.29, 1.82) is 0 Å². The molecule has 3 aromatic rings. The molecule has 1 N–H and O–H groups in total. The third-order valence-electron chi connectivity index (χ3n) is 5.67. The quantitative estimate of drug-likeness (QED) is 0.655. The Labute approximate surface area is 181 Å². The summed E-state index contributed by atoms with van der Waals surface area (Å²) in [6, 6.07) is 7.61. The van der Waals surface area contributed by atoms with Gasteiger partial charge in [0.2, 0.25) is 11.9 Å². The highest BCUT2D eigenvalue weighted by Crippen LogP contribution is 2.32. The molecule has 1 saturated heterocycles. The molecule has 0 aliphatic carbocycles. The van der Waals surface area contributed by atoms with Gasteiger partial charge in [-0.1, -0.05) is 18.7 Å². The van der Waals surface area contributed by atoms with Crippen LogP contribution in [0.4, 0.5) is 5.95 Å². The van der Waals surface area contributed by atoms with Crippen molar-refractivity contribution in [1.82, 2.24) is 24.6 Å². The van der Waals surface area contributed by atoms with Gasteiger partial charge in [-0.05, 0) is 56.9 Å². The highest BCUT2D eigenvalue weighted by molar-refractivity contribution is 6.04. The van der Waals surface area contributed by atoms with Gasteiger partial charge in [0.1, 0.15) is 0 Å². The minimum absolute atomic E-state index is 0.00917. The van der Waals surface area contributed by atoms with Gasteiger partial charge in [0.15, 0.2) is 0 Å². The number of amides is 2. The van der Waals surface area contributed by atoms with Gasteiger partial charge in [0.05, 0.1) is 34.5 Å². The summed E-state index contributed by atoms with van der Waals surface area (Å²) in [6.07, 6.45) is 5.61. The van der Waals surface area contributed by atoms with E-state index < -0.39 is 0 Å². The number of anilines is 1. The fourth-order valence-corrected chi connectivity index (χ4v) is 4.20. The van der Waals surface area contributed by atoms with E-state index in [0.717, 1.165) is 35.9 Å². The van der Waals surface area contributed by atoms with Crippen LogP contribution in [0.1, 0.15) is 46.9 Å². The number of fused-ring (bicyclic) bond motifs is 1. The second kappa shape index (κ2) is 8.67. The van der Waals surface area contributed by atoms with Crippen LogP contribution in [-0.4, -0.2) is 49.6 Å². The predicted octanol–water partition coefficient (Wildman–Crippen LogP) is 3.44. The van der Waals surface area contributed by atoms with Crippen LogP contribution in [0.2, 0.25) is 0 Å². The van der Waals surface area contributed by atoms with E-state index >= 15 is 0 Å². The maximum absolute atomic E-state index is 12.9. The molecule has 1 unspecified atom stereocenters. The molecule has 4 rings (SSSR count). The molecule has 1 atom stereocenters. The minimum Gasteiger partial charge on any atom is -0.337 e. The fraction of sp³-hybridized carbons (Fsp3) is 0.348. The number of carbonyl (C=O) groups is 2. The first-order valence-corrected chi connectivity index (χ1v) is 10.5. The summed E-state index contributed by atoms with van der Waals surface area (Å²) >= 11 is 0. The van der Waals surface area contributed by atoms with Crippen molar-refractivity contribution in [2.75, 3.05) is 18.4 Å². The van der Waals surface area contributed by atoms with E-state index in [1.807, 2.05) is 30.0 Å². The largest absolute Gasteiger partial charge is 0.337 e. The van der Waals surface area contributed by atoms with E-state index in [1.165, 1.54) is 12.3 Å².